The Hall–Kier alpha value is -1.65. The van der Waals surface area contributed by atoms with Crippen LogP contribution in [0.15, 0.2) is 36.4 Å². The number of ether oxygens (including phenoxy) is 1. The molecule has 106 valence electrons. The molecule has 0 saturated carbocycles. The van der Waals surface area contributed by atoms with Crippen LogP contribution in [0.1, 0.15) is 17.2 Å². The van der Waals surface area contributed by atoms with Crippen LogP contribution in [-0.2, 0) is 6.42 Å². The van der Waals surface area contributed by atoms with Crippen LogP contribution in [0.2, 0.25) is 5.02 Å². The summed E-state index contributed by atoms with van der Waals surface area (Å²) in [5.74, 6) is -0.650. The molecule has 0 radical (unpaired) electrons. The van der Waals surface area contributed by atoms with Crippen molar-refractivity contribution in [1.82, 2.24) is 0 Å². The van der Waals surface area contributed by atoms with Gasteiger partial charge in [0.05, 0.1) is 12.1 Å². The number of methoxy groups -OCH3 is 1. The van der Waals surface area contributed by atoms with E-state index in [4.69, 9.17) is 22.1 Å². The summed E-state index contributed by atoms with van der Waals surface area (Å²) in [6.07, 6.45) is 0.259. The number of nitrogens with two attached hydrogens (primary N) is 1. The molecule has 0 amide bonds. The van der Waals surface area contributed by atoms with E-state index < -0.39 is 17.7 Å². The lowest BCUT2D eigenvalue weighted by Crippen LogP contribution is -2.14. The van der Waals surface area contributed by atoms with Crippen molar-refractivity contribution in [3.63, 3.8) is 0 Å². The maximum Gasteiger partial charge on any atom is 0.137 e. The van der Waals surface area contributed by atoms with Gasteiger partial charge in [0.1, 0.15) is 17.4 Å². The maximum atomic E-state index is 13.6. The summed E-state index contributed by atoms with van der Waals surface area (Å²) in [4.78, 5) is 0. The summed E-state index contributed by atoms with van der Waals surface area (Å²) in [5, 5.41) is 0.444. The Bertz CT molecular complexity index is 619. The van der Waals surface area contributed by atoms with E-state index in [0.29, 0.717) is 16.3 Å². The first kappa shape index (κ1) is 14.8. The molecule has 0 spiro atoms. The molecule has 5 heteroatoms. The molecule has 2 aromatic rings. The third-order valence-corrected chi connectivity index (χ3v) is 3.35. The second-order valence-corrected chi connectivity index (χ2v) is 4.85. The smallest absolute Gasteiger partial charge is 0.137 e. The van der Waals surface area contributed by atoms with Gasteiger partial charge in [-0.3, -0.25) is 0 Å². The molecule has 2 aromatic carbocycles. The van der Waals surface area contributed by atoms with E-state index in [9.17, 15) is 8.78 Å². The second kappa shape index (κ2) is 6.20. The Morgan fingerprint density at radius 3 is 2.55 bits per heavy atom. The maximum absolute atomic E-state index is 13.6. The zero-order valence-corrected chi connectivity index (χ0v) is 11.6. The molecule has 1 unspecified atom stereocenters. The molecule has 0 aromatic heterocycles. The average Bonchev–Trinajstić information content (AvgIpc) is 2.41. The first-order chi connectivity index (χ1) is 9.51. The van der Waals surface area contributed by atoms with Crippen molar-refractivity contribution < 1.29 is 13.5 Å². The lowest BCUT2D eigenvalue weighted by molar-refractivity contribution is 0.414. The fourth-order valence-corrected chi connectivity index (χ4v) is 2.22. The summed E-state index contributed by atoms with van der Waals surface area (Å²) in [6, 6.07) is 8.20. The molecule has 0 bridgehead atoms. The molecule has 0 aliphatic carbocycles. The largest absolute Gasteiger partial charge is 0.495 e. The first-order valence-corrected chi connectivity index (χ1v) is 6.42. The van der Waals surface area contributed by atoms with E-state index in [1.165, 1.54) is 19.2 Å². The fraction of sp³-hybridized carbons (Fsp3) is 0.200. The zero-order chi connectivity index (χ0) is 14.7. The van der Waals surface area contributed by atoms with Crippen LogP contribution in [0.4, 0.5) is 8.78 Å². The third kappa shape index (κ3) is 3.26. The minimum Gasteiger partial charge on any atom is -0.495 e. The predicted molar refractivity (Wildman–Crippen MR) is 75.0 cm³/mol. The highest BCUT2D eigenvalue weighted by Crippen LogP contribution is 2.28. The molecular formula is C15H14ClF2NO. The summed E-state index contributed by atoms with van der Waals surface area (Å²) >= 11 is 6.02. The normalized spacial score (nSPS) is 12.2. The molecule has 20 heavy (non-hydrogen) atoms. The molecule has 0 aliphatic rings. The van der Waals surface area contributed by atoms with E-state index in [2.05, 4.69) is 0 Å². The average molecular weight is 298 g/mol. The summed E-state index contributed by atoms with van der Waals surface area (Å²) in [5.41, 5.74) is 7.16. The van der Waals surface area contributed by atoms with Gasteiger partial charge in [-0.1, -0.05) is 23.7 Å². The lowest BCUT2D eigenvalue weighted by Gasteiger charge is -2.14. The van der Waals surface area contributed by atoms with Crippen molar-refractivity contribution in [2.24, 2.45) is 5.73 Å². The summed E-state index contributed by atoms with van der Waals surface area (Å²) < 4.78 is 31.5. The SMILES string of the molecule is COc1ccc(C(N)Cc2ccc(F)cc2F)cc1Cl. The fourth-order valence-electron chi connectivity index (χ4n) is 1.96. The summed E-state index contributed by atoms with van der Waals surface area (Å²) in [7, 11) is 1.52. The van der Waals surface area contributed by atoms with Gasteiger partial charge in [0.15, 0.2) is 0 Å². The standard InChI is InChI=1S/C15H14ClF2NO/c1-20-15-5-3-10(6-12(15)16)14(19)7-9-2-4-11(17)8-13(9)18/h2-6,8,14H,7,19H2,1H3. The topological polar surface area (TPSA) is 35.2 Å². The van der Waals surface area contributed by atoms with Crippen LogP contribution < -0.4 is 10.5 Å². The molecule has 0 heterocycles. The second-order valence-electron chi connectivity index (χ2n) is 4.44. The number of hydrogen-bond acceptors (Lipinski definition) is 2. The van der Waals surface area contributed by atoms with Crippen molar-refractivity contribution in [3.8, 4) is 5.75 Å². The highest BCUT2D eigenvalue weighted by molar-refractivity contribution is 6.32. The Kier molecular flexibility index (Phi) is 4.57. The molecule has 0 fully saturated rings. The molecule has 0 aliphatic heterocycles. The van der Waals surface area contributed by atoms with Gasteiger partial charge in [-0.25, -0.2) is 8.78 Å². The van der Waals surface area contributed by atoms with E-state index in [1.807, 2.05) is 0 Å². The molecular weight excluding hydrogens is 284 g/mol. The van der Waals surface area contributed by atoms with E-state index in [1.54, 1.807) is 18.2 Å². The van der Waals surface area contributed by atoms with Gasteiger partial charge in [-0.15, -0.1) is 0 Å². The van der Waals surface area contributed by atoms with Crippen molar-refractivity contribution in [2.45, 2.75) is 12.5 Å². The van der Waals surface area contributed by atoms with Crippen molar-refractivity contribution in [2.75, 3.05) is 7.11 Å². The van der Waals surface area contributed by atoms with Gasteiger partial charge in [0.25, 0.3) is 0 Å². The van der Waals surface area contributed by atoms with Crippen molar-refractivity contribution in [1.29, 1.82) is 0 Å². The predicted octanol–water partition coefficient (Wildman–Crippen LogP) is 3.87. The molecule has 0 saturated heterocycles. The molecule has 2 rings (SSSR count). The minimum atomic E-state index is -0.604. The van der Waals surface area contributed by atoms with Gasteiger partial charge in [0.2, 0.25) is 0 Å². The first-order valence-electron chi connectivity index (χ1n) is 6.04. The van der Waals surface area contributed by atoms with Crippen LogP contribution in [0.3, 0.4) is 0 Å². The number of halogens is 3. The van der Waals surface area contributed by atoms with Crippen LogP contribution in [0, 0.1) is 11.6 Å². The van der Waals surface area contributed by atoms with Gasteiger partial charge >= 0.3 is 0 Å². The van der Waals surface area contributed by atoms with Gasteiger partial charge in [0, 0.05) is 12.1 Å². The van der Waals surface area contributed by atoms with E-state index in [0.717, 1.165) is 11.6 Å². The molecule has 2 N–H and O–H groups in total. The Labute approximate surface area is 121 Å². The highest BCUT2D eigenvalue weighted by atomic mass is 35.5. The Morgan fingerprint density at radius 1 is 1.20 bits per heavy atom. The monoisotopic (exact) mass is 297 g/mol. The zero-order valence-electron chi connectivity index (χ0n) is 10.9. The van der Waals surface area contributed by atoms with Crippen LogP contribution in [0.5, 0.6) is 5.75 Å². The van der Waals surface area contributed by atoms with Gasteiger partial charge in [-0.2, -0.15) is 0 Å². The number of hydrogen-bond donors (Lipinski definition) is 1. The van der Waals surface area contributed by atoms with E-state index >= 15 is 0 Å². The van der Waals surface area contributed by atoms with Gasteiger partial charge in [-0.05, 0) is 35.7 Å². The van der Waals surface area contributed by atoms with E-state index in [-0.39, 0.29) is 6.42 Å². The van der Waals surface area contributed by atoms with Gasteiger partial charge < -0.3 is 10.5 Å². The third-order valence-electron chi connectivity index (χ3n) is 3.06. The quantitative estimate of drug-likeness (QED) is 0.930. The van der Waals surface area contributed by atoms with Crippen LogP contribution in [0.25, 0.3) is 0 Å². The summed E-state index contributed by atoms with van der Waals surface area (Å²) in [6.45, 7) is 0. The van der Waals surface area contributed by atoms with Crippen molar-refractivity contribution in [3.05, 3.63) is 64.2 Å². The number of benzene rings is 2. The lowest BCUT2D eigenvalue weighted by atomic mass is 9.99. The highest BCUT2D eigenvalue weighted by Gasteiger charge is 2.13. The molecule has 1 atom stereocenters. The Balaban J connectivity index is 2.19. The Morgan fingerprint density at radius 2 is 1.95 bits per heavy atom. The number of rotatable bonds is 4. The van der Waals surface area contributed by atoms with Crippen LogP contribution in [-0.4, -0.2) is 7.11 Å². The molecule has 2 nitrogen and oxygen atoms in total. The van der Waals surface area contributed by atoms with Crippen LogP contribution >= 0.6 is 11.6 Å². The minimum absolute atomic E-state index is 0.259. The van der Waals surface area contributed by atoms with Crippen molar-refractivity contribution >= 4 is 11.6 Å².